The van der Waals surface area contributed by atoms with Crippen molar-refractivity contribution in [3.63, 3.8) is 0 Å². The second-order valence-corrected chi connectivity index (χ2v) is 3.62. The third kappa shape index (κ3) is 2.35. The summed E-state index contributed by atoms with van der Waals surface area (Å²) in [7, 11) is 0. The highest BCUT2D eigenvalue weighted by atomic mass is 14.1. The smallest absolute Gasteiger partial charge is 0.0195 e. The van der Waals surface area contributed by atoms with Crippen molar-refractivity contribution in [3.05, 3.63) is 53.1 Å². The molecule has 0 fully saturated rings. The second kappa shape index (κ2) is 4.80. The molecule has 1 aromatic rings. The summed E-state index contributed by atoms with van der Waals surface area (Å²) in [5, 5.41) is 0. The second-order valence-electron chi connectivity index (χ2n) is 3.62. The van der Waals surface area contributed by atoms with Crippen molar-refractivity contribution in [1.29, 1.82) is 0 Å². The van der Waals surface area contributed by atoms with Crippen molar-refractivity contribution in [2.24, 2.45) is 0 Å². The summed E-state index contributed by atoms with van der Waals surface area (Å²) >= 11 is 0. The Bertz CT molecular complexity index is 367. The quantitative estimate of drug-likeness (QED) is 0.602. The van der Waals surface area contributed by atoms with E-state index in [2.05, 4.69) is 64.1 Å². The van der Waals surface area contributed by atoms with Gasteiger partial charge in [0.15, 0.2) is 0 Å². The highest BCUT2D eigenvalue weighted by Gasteiger charge is 2.00. The molecule has 0 atom stereocenters. The van der Waals surface area contributed by atoms with Gasteiger partial charge >= 0.3 is 0 Å². The molecule has 0 saturated carbocycles. The molecule has 0 radical (unpaired) electrons. The summed E-state index contributed by atoms with van der Waals surface area (Å²) in [6, 6.07) is 8.51. The lowest BCUT2D eigenvalue weighted by Crippen LogP contribution is -1.87. The Morgan fingerprint density at radius 3 is 2.36 bits per heavy atom. The minimum absolute atomic E-state index is 1.34. The monoisotopic (exact) mass is 186 g/mol. The lowest BCUT2D eigenvalue weighted by atomic mass is 9.98. The number of allylic oxidation sites excluding steroid dienone is 4. The Balaban J connectivity index is 3.18. The van der Waals surface area contributed by atoms with E-state index in [0.29, 0.717) is 0 Å². The van der Waals surface area contributed by atoms with E-state index in [1.165, 1.54) is 22.3 Å². The number of rotatable bonds is 2. The zero-order valence-corrected chi connectivity index (χ0v) is 9.46. The molecule has 0 amide bonds. The largest absolute Gasteiger partial charge is 0.0874 e. The van der Waals surface area contributed by atoms with Crippen molar-refractivity contribution in [3.8, 4) is 0 Å². The third-order valence-electron chi connectivity index (χ3n) is 2.56. The number of hydrogen-bond acceptors (Lipinski definition) is 0. The molecule has 0 heterocycles. The Labute approximate surface area is 87.0 Å². The van der Waals surface area contributed by atoms with Crippen molar-refractivity contribution in [1.82, 2.24) is 0 Å². The van der Waals surface area contributed by atoms with Gasteiger partial charge in [0, 0.05) is 0 Å². The first-order valence-electron chi connectivity index (χ1n) is 5.03. The molecule has 1 rings (SSSR count). The summed E-state index contributed by atoms with van der Waals surface area (Å²) in [6.07, 6.45) is 4.23. The maximum Gasteiger partial charge on any atom is -0.0195 e. The van der Waals surface area contributed by atoms with Gasteiger partial charge in [0.05, 0.1) is 0 Å². The van der Waals surface area contributed by atoms with Crippen molar-refractivity contribution in [2.75, 3.05) is 0 Å². The van der Waals surface area contributed by atoms with E-state index >= 15 is 0 Å². The average molecular weight is 186 g/mol. The SMILES string of the molecule is C/C=C\C(C)=C(/C)c1ccccc1C. The molecular weight excluding hydrogens is 168 g/mol. The molecule has 1 aromatic carbocycles. The van der Waals surface area contributed by atoms with Crippen LogP contribution in [0.15, 0.2) is 42.0 Å². The maximum atomic E-state index is 2.18. The Morgan fingerprint density at radius 1 is 1.14 bits per heavy atom. The maximum absolute atomic E-state index is 2.18. The highest BCUT2D eigenvalue weighted by Crippen LogP contribution is 2.21. The fraction of sp³-hybridized carbons (Fsp3) is 0.286. The van der Waals surface area contributed by atoms with Crippen molar-refractivity contribution < 1.29 is 0 Å². The van der Waals surface area contributed by atoms with Crippen LogP contribution < -0.4 is 0 Å². The van der Waals surface area contributed by atoms with Crippen LogP contribution in [0.25, 0.3) is 5.57 Å². The third-order valence-corrected chi connectivity index (χ3v) is 2.56. The van der Waals surface area contributed by atoms with Crippen LogP contribution in [0, 0.1) is 6.92 Å². The minimum Gasteiger partial charge on any atom is -0.0874 e. The average Bonchev–Trinajstić information content (AvgIpc) is 2.18. The Morgan fingerprint density at radius 2 is 1.79 bits per heavy atom. The van der Waals surface area contributed by atoms with Gasteiger partial charge in [0.2, 0.25) is 0 Å². The van der Waals surface area contributed by atoms with Crippen molar-refractivity contribution in [2.45, 2.75) is 27.7 Å². The lowest BCUT2D eigenvalue weighted by molar-refractivity contribution is 1.37. The molecule has 0 aromatic heterocycles. The molecule has 0 unspecified atom stereocenters. The molecule has 0 aliphatic rings. The molecule has 0 N–H and O–H groups in total. The van der Waals surface area contributed by atoms with Crippen molar-refractivity contribution >= 4 is 5.57 Å². The molecule has 0 bridgehead atoms. The summed E-state index contributed by atoms with van der Waals surface area (Å²) in [5.41, 5.74) is 5.39. The molecule has 0 spiro atoms. The zero-order valence-electron chi connectivity index (χ0n) is 9.46. The first-order chi connectivity index (χ1) is 6.66. The predicted octanol–water partition coefficient (Wildman–Crippen LogP) is 4.36. The van der Waals surface area contributed by atoms with Crippen LogP contribution in [0.3, 0.4) is 0 Å². The van der Waals surface area contributed by atoms with E-state index in [1.807, 2.05) is 0 Å². The van der Waals surface area contributed by atoms with Crippen LogP contribution in [-0.2, 0) is 0 Å². The van der Waals surface area contributed by atoms with Crippen LogP contribution in [0.4, 0.5) is 0 Å². The lowest BCUT2D eigenvalue weighted by Gasteiger charge is -2.07. The first kappa shape index (κ1) is 10.8. The van der Waals surface area contributed by atoms with Gasteiger partial charge in [-0.1, -0.05) is 36.4 Å². The van der Waals surface area contributed by atoms with E-state index in [1.54, 1.807) is 0 Å². The minimum atomic E-state index is 1.34. The van der Waals surface area contributed by atoms with Gasteiger partial charge in [-0.2, -0.15) is 0 Å². The van der Waals surface area contributed by atoms with Gasteiger partial charge in [0.25, 0.3) is 0 Å². The normalized spacial score (nSPS) is 13.1. The zero-order chi connectivity index (χ0) is 10.6. The molecule has 0 saturated heterocycles. The summed E-state index contributed by atoms with van der Waals surface area (Å²) < 4.78 is 0. The summed E-state index contributed by atoms with van der Waals surface area (Å²) in [5.74, 6) is 0. The topological polar surface area (TPSA) is 0 Å². The number of benzene rings is 1. The summed E-state index contributed by atoms with van der Waals surface area (Å²) in [6.45, 7) is 8.54. The van der Waals surface area contributed by atoms with Gasteiger partial charge in [-0.3, -0.25) is 0 Å². The van der Waals surface area contributed by atoms with E-state index in [-0.39, 0.29) is 0 Å². The number of aryl methyl sites for hydroxylation is 1. The van der Waals surface area contributed by atoms with Gasteiger partial charge in [-0.05, 0) is 50.0 Å². The molecule has 0 aliphatic heterocycles. The molecule has 0 nitrogen and oxygen atoms in total. The molecule has 14 heavy (non-hydrogen) atoms. The van der Waals surface area contributed by atoms with E-state index in [0.717, 1.165) is 0 Å². The Hall–Kier alpha value is -1.30. The van der Waals surface area contributed by atoms with Crippen LogP contribution >= 0.6 is 0 Å². The van der Waals surface area contributed by atoms with E-state index in [4.69, 9.17) is 0 Å². The predicted molar refractivity (Wildman–Crippen MR) is 64.3 cm³/mol. The van der Waals surface area contributed by atoms with Crippen LogP contribution in [0.2, 0.25) is 0 Å². The van der Waals surface area contributed by atoms with Crippen LogP contribution in [0.5, 0.6) is 0 Å². The van der Waals surface area contributed by atoms with Gasteiger partial charge < -0.3 is 0 Å². The van der Waals surface area contributed by atoms with Crippen LogP contribution in [0.1, 0.15) is 31.9 Å². The van der Waals surface area contributed by atoms with E-state index in [9.17, 15) is 0 Å². The molecule has 0 heteroatoms. The fourth-order valence-corrected chi connectivity index (χ4v) is 1.58. The molecular formula is C14H18. The number of hydrogen-bond donors (Lipinski definition) is 0. The van der Waals surface area contributed by atoms with Gasteiger partial charge in [-0.15, -0.1) is 0 Å². The highest BCUT2D eigenvalue weighted by molar-refractivity contribution is 5.70. The fourth-order valence-electron chi connectivity index (χ4n) is 1.58. The first-order valence-corrected chi connectivity index (χ1v) is 5.03. The molecule has 0 aliphatic carbocycles. The van der Waals surface area contributed by atoms with Gasteiger partial charge in [0.1, 0.15) is 0 Å². The van der Waals surface area contributed by atoms with Gasteiger partial charge in [-0.25, -0.2) is 0 Å². The summed E-state index contributed by atoms with van der Waals surface area (Å²) in [4.78, 5) is 0. The standard InChI is InChI=1S/C14H18/c1-5-8-11(2)13(4)14-10-7-6-9-12(14)3/h5-10H,1-4H3/b8-5-,13-11+. The Kier molecular flexibility index (Phi) is 3.70. The molecule has 74 valence electrons. The van der Waals surface area contributed by atoms with Crippen LogP contribution in [-0.4, -0.2) is 0 Å². The van der Waals surface area contributed by atoms with E-state index < -0.39 is 0 Å².